The molecule has 0 bridgehead atoms. The number of fused-ring (bicyclic) bond motifs is 1. The molecule has 1 N–H and O–H groups in total. The first-order chi connectivity index (χ1) is 8.36. The van der Waals surface area contributed by atoms with Gasteiger partial charge in [0.15, 0.2) is 0 Å². The number of rotatable bonds is 3. The number of benzene rings is 1. The molecule has 3 rings (SSSR count). The van der Waals surface area contributed by atoms with Crippen molar-refractivity contribution in [3.05, 3.63) is 47.2 Å². The molecule has 0 spiro atoms. The van der Waals surface area contributed by atoms with E-state index in [0.29, 0.717) is 18.4 Å². The number of nitrogens with one attached hydrogen (secondary N) is 1. The maximum absolute atomic E-state index is 5.65. The maximum atomic E-state index is 5.65. The quantitative estimate of drug-likeness (QED) is 0.869. The van der Waals surface area contributed by atoms with Gasteiger partial charge in [-0.25, -0.2) is 0 Å². The predicted molar refractivity (Wildman–Crippen MR) is 63.7 cm³/mol. The highest BCUT2D eigenvalue weighted by Crippen LogP contribution is 2.32. The van der Waals surface area contributed by atoms with Gasteiger partial charge in [-0.1, -0.05) is 24.3 Å². The molecule has 0 aliphatic heterocycles. The Balaban J connectivity index is 1.79. The monoisotopic (exact) mass is 229 g/mol. The maximum Gasteiger partial charge on any atom is 0.230 e. The summed E-state index contributed by atoms with van der Waals surface area (Å²) in [6.45, 7) is 0.632. The fourth-order valence-electron chi connectivity index (χ4n) is 2.39. The fourth-order valence-corrected chi connectivity index (χ4v) is 2.39. The Morgan fingerprint density at radius 3 is 2.59 bits per heavy atom. The molecule has 0 amide bonds. The average molecular weight is 229 g/mol. The number of nitrogens with zero attached hydrogens (tertiary/aromatic N) is 2. The second-order valence-corrected chi connectivity index (χ2v) is 4.44. The van der Waals surface area contributed by atoms with Crippen LogP contribution in [0.25, 0.3) is 0 Å². The summed E-state index contributed by atoms with van der Waals surface area (Å²) in [6.07, 6.45) is 2.02. The van der Waals surface area contributed by atoms with Crippen LogP contribution in [0.3, 0.4) is 0 Å². The molecule has 0 radical (unpaired) electrons. The van der Waals surface area contributed by atoms with Gasteiger partial charge in [0.2, 0.25) is 11.8 Å². The Kier molecular flexibility index (Phi) is 2.65. The Hall–Kier alpha value is -1.68. The van der Waals surface area contributed by atoms with E-state index < -0.39 is 0 Å². The van der Waals surface area contributed by atoms with Crippen molar-refractivity contribution in [1.82, 2.24) is 15.5 Å². The lowest BCUT2D eigenvalue weighted by molar-refractivity contribution is 0.411. The summed E-state index contributed by atoms with van der Waals surface area (Å²) in [5, 5.41) is 11.2. The second kappa shape index (κ2) is 4.30. The molecular formula is C13H15N3O. The predicted octanol–water partition coefficient (Wildman–Crippen LogP) is 1.67. The standard InChI is InChI=1S/C13H15N3O/c1-14-8-12-15-16-13(17-12)11-6-9-4-2-3-5-10(9)7-11/h2-5,11,14H,6-8H2,1H3. The summed E-state index contributed by atoms with van der Waals surface area (Å²) in [5.74, 6) is 1.79. The van der Waals surface area contributed by atoms with Crippen molar-refractivity contribution in [2.75, 3.05) is 7.05 Å². The van der Waals surface area contributed by atoms with E-state index in [2.05, 4.69) is 39.8 Å². The lowest BCUT2D eigenvalue weighted by Gasteiger charge is -2.01. The van der Waals surface area contributed by atoms with Gasteiger partial charge in [0.05, 0.1) is 6.54 Å². The van der Waals surface area contributed by atoms with Crippen LogP contribution in [0, 0.1) is 0 Å². The highest BCUT2D eigenvalue weighted by molar-refractivity contribution is 5.34. The van der Waals surface area contributed by atoms with E-state index in [0.717, 1.165) is 18.7 Å². The molecule has 0 saturated heterocycles. The molecule has 0 atom stereocenters. The van der Waals surface area contributed by atoms with E-state index in [1.165, 1.54) is 11.1 Å². The van der Waals surface area contributed by atoms with Crippen LogP contribution in [0.4, 0.5) is 0 Å². The molecule has 0 saturated carbocycles. The third-order valence-electron chi connectivity index (χ3n) is 3.21. The molecule has 1 aromatic carbocycles. The van der Waals surface area contributed by atoms with Crippen LogP contribution in [0.1, 0.15) is 28.8 Å². The highest BCUT2D eigenvalue weighted by atomic mass is 16.4. The van der Waals surface area contributed by atoms with Crippen molar-refractivity contribution in [3.63, 3.8) is 0 Å². The zero-order valence-electron chi connectivity index (χ0n) is 9.81. The number of hydrogen-bond acceptors (Lipinski definition) is 4. The van der Waals surface area contributed by atoms with Crippen LogP contribution in [0.15, 0.2) is 28.7 Å². The van der Waals surface area contributed by atoms with Crippen molar-refractivity contribution in [3.8, 4) is 0 Å². The summed E-state index contributed by atoms with van der Waals surface area (Å²) in [5.41, 5.74) is 2.82. The summed E-state index contributed by atoms with van der Waals surface area (Å²) in [7, 11) is 1.87. The molecule has 1 aliphatic carbocycles. The minimum atomic E-state index is 0.352. The van der Waals surface area contributed by atoms with Crippen molar-refractivity contribution in [2.45, 2.75) is 25.3 Å². The summed E-state index contributed by atoms with van der Waals surface area (Å²) in [6, 6.07) is 8.53. The van der Waals surface area contributed by atoms with Crippen LogP contribution < -0.4 is 5.32 Å². The molecule has 1 heterocycles. The Morgan fingerprint density at radius 1 is 1.24 bits per heavy atom. The first kappa shape index (κ1) is 10.5. The highest BCUT2D eigenvalue weighted by Gasteiger charge is 2.26. The first-order valence-corrected chi connectivity index (χ1v) is 5.90. The lowest BCUT2D eigenvalue weighted by atomic mass is 10.1. The fraction of sp³-hybridized carbons (Fsp3) is 0.385. The van der Waals surface area contributed by atoms with Crippen molar-refractivity contribution >= 4 is 0 Å². The zero-order valence-corrected chi connectivity index (χ0v) is 9.81. The SMILES string of the molecule is CNCc1nnc(C2Cc3ccccc3C2)o1. The van der Waals surface area contributed by atoms with Gasteiger partial charge in [0, 0.05) is 5.92 Å². The molecule has 17 heavy (non-hydrogen) atoms. The van der Waals surface area contributed by atoms with Crippen LogP contribution >= 0.6 is 0 Å². The van der Waals surface area contributed by atoms with Gasteiger partial charge in [-0.15, -0.1) is 10.2 Å². The first-order valence-electron chi connectivity index (χ1n) is 5.90. The van der Waals surface area contributed by atoms with E-state index in [4.69, 9.17) is 4.42 Å². The van der Waals surface area contributed by atoms with E-state index in [-0.39, 0.29) is 0 Å². The summed E-state index contributed by atoms with van der Waals surface area (Å²) >= 11 is 0. The van der Waals surface area contributed by atoms with Crippen LogP contribution in [-0.2, 0) is 19.4 Å². The molecule has 88 valence electrons. The van der Waals surface area contributed by atoms with Gasteiger partial charge in [0.25, 0.3) is 0 Å². The van der Waals surface area contributed by atoms with E-state index in [9.17, 15) is 0 Å². The summed E-state index contributed by atoms with van der Waals surface area (Å²) < 4.78 is 5.65. The topological polar surface area (TPSA) is 51.0 Å². The molecule has 0 unspecified atom stereocenters. The molecule has 2 aromatic rings. The van der Waals surface area contributed by atoms with Gasteiger partial charge in [-0.05, 0) is 31.0 Å². The summed E-state index contributed by atoms with van der Waals surface area (Å²) in [4.78, 5) is 0. The van der Waals surface area contributed by atoms with Crippen LogP contribution in [0.5, 0.6) is 0 Å². The van der Waals surface area contributed by atoms with E-state index in [1.807, 2.05) is 7.05 Å². The van der Waals surface area contributed by atoms with Gasteiger partial charge in [-0.3, -0.25) is 0 Å². The van der Waals surface area contributed by atoms with Gasteiger partial charge < -0.3 is 9.73 Å². The van der Waals surface area contributed by atoms with Crippen LogP contribution in [0.2, 0.25) is 0 Å². The lowest BCUT2D eigenvalue weighted by Crippen LogP contribution is -2.04. The zero-order chi connectivity index (χ0) is 11.7. The number of hydrogen-bond donors (Lipinski definition) is 1. The molecule has 4 nitrogen and oxygen atoms in total. The third kappa shape index (κ3) is 1.96. The third-order valence-corrected chi connectivity index (χ3v) is 3.21. The normalized spacial score (nSPS) is 15.1. The van der Waals surface area contributed by atoms with Gasteiger partial charge in [0.1, 0.15) is 0 Å². The van der Waals surface area contributed by atoms with Crippen molar-refractivity contribution < 1.29 is 4.42 Å². The van der Waals surface area contributed by atoms with E-state index in [1.54, 1.807) is 0 Å². The Labute approximate surface area is 100 Å². The molecular weight excluding hydrogens is 214 g/mol. The smallest absolute Gasteiger partial charge is 0.230 e. The average Bonchev–Trinajstić information content (AvgIpc) is 2.94. The minimum absolute atomic E-state index is 0.352. The largest absolute Gasteiger partial charge is 0.424 e. The Morgan fingerprint density at radius 2 is 1.94 bits per heavy atom. The Bertz CT molecular complexity index is 496. The molecule has 1 aromatic heterocycles. The van der Waals surface area contributed by atoms with E-state index >= 15 is 0 Å². The minimum Gasteiger partial charge on any atom is -0.424 e. The number of aromatic nitrogens is 2. The molecule has 1 aliphatic rings. The molecule has 4 heteroatoms. The van der Waals surface area contributed by atoms with Crippen LogP contribution in [-0.4, -0.2) is 17.2 Å². The van der Waals surface area contributed by atoms with Gasteiger partial charge in [-0.2, -0.15) is 0 Å². The van der Waals surface area contributed by atoms with Crippen molar-refractivity contribution in [1.29, 1.82) is 0 Å². The second-order valence-electron chi connectivity index (χ2n) is 4.44. The van der Waals surface area contributed by atoms with Gasteiger partial charge >= 0.3 is 0 Å². The molecule has 0 fully saturated rings. The van der Waals surface area contributed by atoms with Crippen molar-refractivity contribution in [2.24, 2.45) is 0 Å².